The van der Waals surface area contributed by atoms with Gasteiger partial charge in [-0.2, -0.15) is 4.99 Å². The minimum absolute atomic E-state index is 0.155. The second-order valence-electron chi connectivity index (χ2n) is 7.49. The summed E-state index contributed by atoms with van der Waals surface area (Å²) in [5.41, 5.74) is 12.4. The number of carbonyl (C=O) groups is 2. The summed E-state index contributed by atoms with van der Waals surface area (Å²) in [7, 11) is 0. The van der Waals surface area contributed by atoms with Crippen molar-refractivity contribution in [2.75, 3.05) is 11.9 Å². The number of benzene rings is 2. The molecular weight excluding hydrogens is 442 g/mol. The molecule has 172 valence electrons. The Bertz CT molecular complexity index is 1210. The van der Waals surface area contributed by atoms with E-state index in [4.69, 9.17) is 27.8 Å². The molecule has 0 spiro atoms. The molecule has 33 heavy (non-hydrogen) atoms. The molecule has 0 amide bonds. The van der Waals surface area contributed by atoms with Crippen molar-refractivity contribution in [2.45, 2.75) is 32.7 Å². The SMILES string of the molecule is CCCCOC(=O)C(C)Nc1ccccc1C(=O)c1ccc2c(Cl)cnc(N=C(N)N)c2c1. The number of nitrogens with two attached hydrogens (primary N) is 2. The van der Waals surface area contributed by atoms with Crippen molar-refractivity contribution >= 4 is 51.6 Å². The van der Waals surface area contributed by atoms with Crippen molar-refractivity contribution in [3.8, 4) is 0 Å². The number of ketones is 1. The van der Waals surface area contributed by atoms with E-state index < -0.39 is 6.04 Å². The summed E-state index contributed by atoms with van der Waals surface area (Å²) >= 11 is 6.26. The van der Waals surface area contributed by atoms with Crippen LogP contribution in [0.5, 0.6) is 0 Å². The topological polar surface area (TPSA) is 133 Å². The Labute approximate surface area is 197 Å². The Morgan fingerprint density at radius 2 is 1.94 bits per heavy atom. The first-order valence-electron chi connectivity index (χ1n) is 10.6. The Morgan fingerprint density at radius 3 is 2.67 bits per heavy atom. The number of aliphatic imine (C=N–C) groups is 1. The first-order chi connectivity index (χ1) is 15.8. The molecule has 1 atom stereocenters. The first-order valence-corrected chi connectivity index (χ1v) is 10.9. The molecule has 5 N–H and O–H groups in total. The Hall–Kier alpha value is -3.65. The number of esters is 1. The zero-order chi connectivity index (χ0) is 24.0. The molecule has 9 heteroatoms. The van der Waals surface area contributed by atoms with E-state index in [-0.39, 0.29) is 23.5 Å². The lowest BCUT2D eigenvalue weighted by molar-refractivity contribution is -0.144. The van der Waals surface area contributed by atoms with E-state index in [1.54, 1.807) is 49.4 Å². The normalized spacial score (nSPS) is 11.6. The van der Waals surface area contributed by atoms with Crippen molar-refractivity contribution in [2.24, 2.45) is 16.5 Å². The second-order valence-corrected chi connectivity index (χ2v) is 7.90. The van der Waals surface area contributed by atoms with Gasteiger partial charge < -0.3 is 21.5 Å². The average molecular weight is 468 g/mol. The van der Waals surface area contributed by atoms with Crippen LogP contribution in [0.3, 0.4) is 0 Å². The van der Waals surface area contributed by atoms with Crippen molar-refractivity contribution in [1.82, 2.24) is 4.98 Å². The van der Waals surface area contributed by atoms with Crippen LogP contribution in [0.2, 0.25) is 5.02 Å². The summed E-state index contributed by atoms with van der Waals surface area (Å²) in [5.74, 6) is -0.516. The number of unbranched alkanes of at least 4 members (excludes halogenated alkanes) is 1. The van der Waals surface area contributed by atoms with Gasteiger partial charge in [-0.05, 0) is 31.5 Å². The van der Waals surface area contributed by atoms with Gasteiger partial charge in [0.15, 0.2) is 17.6 Å². The highest BCUT2D eigenvalue weighted by Gasteiger charge is 2.20. The van der Waals surface area contributed by atoms with Gasteiger partial charge in [-0.3, -0.25) is 4.79 Å². The molecular formula is C24H26ClN5O3. The Balaban J connectivity index is 1.93. The number of anilines is 1. The van der Waals surface area contributed by atoms with E-state index in [0.29, 0.717) is 39.2 Å². The molecule has 1 unspecified atom stereocenters. The van der Waals surface area contributed by atoms with Crippen LogP contribution in [0.25, 0.3) is 10.8 Å². The number of ether oxygens (including phenoxy) is 1. The molecule has 0 bridgehead atoms. The van der Waals surface area contributed by atoms with Crippen LogP contribution in [0.15, 0.2) is 53.7 Å². The Morgan fingerprint density at radius 1 is 1.18 bits per heavy atom. The van der Waals surface area contributed by atoms with Gasteiger partial charge in [0.25, 0.3) is 0 Å². The molecule has 0 aliphatic carbocycles. The van der Waals surface area contributed by atoms with Crippen molar-refractivity contribution in [3.63, 3.8) is 0 Å². The lowest BCUT2D eigenvalue weighted by Crippen LogP contribution is -2.29. The van der Waals surface area contributed by atoms with E-state index in [9.17, 15) is 9.59 Å². The van der Waals surface area contributed by atoms with E-state index in [1.165, 1.54) is 6.20 Å². The standard InChI is InChI=1S/C24H26ClN5O3/c1-3-4-11-33-23(32)14(2)29-20-8-6-5-7-17(20)21(31)15-9-10-16-18(12-15)22(30-24(26)27)28-13-19(16)25/h5-10,12-14,29H,3-4,11H2,1-2H3,(H4,26,27,28,30). The number of halogens is 1. The van der Waals surface area contributed by atoms with Crippen LogP contribution in [0.4, 0.5) is 11.5 Å². The van der Waals surface area contributed by atoms with E-state index in [1.807, 2.05) is 6.92 Å². The highest BCUT2D eigenvalue weighted by atomic mass is 35.5. The average Bonchev–Trinajstić information content (AvgIpc) is 2.80. The minimum atomic E-state index is -0.621. The summed E-state index contributed by atoms with van der Waals surface area (Å²) in [5, 5.41) is 4.71. The maximum absolute atomic E-state index is 13.4. The number of aromatic nitrogens is 1. The third-order valence-electron chi connectivity index (χ3n) is 4.95. The molecule has 3 aromatic rings. The van der Waals surface area contributed by atoms with Gasteiger partial charge in [-0.25, -0.2) is 9.78 Å². The zero-order valence-corrected chi connectivity index (χ0v) is 19.2. The minimum Gasteiger partial charge on any atom is -0.464 e. The van der Waals surface area contributed by atoms with Gasteiger partial charge in [0.05, 0.1) is 11.6 Å². The van der Waals surface area contributed by atoms with E-state index in [2.05, 4.69) is 15.3 Å². The number of pyridine rings is 1. The molecule has 1 heterocycles. The van der Waals surface area contributed by atoms with Crippen LogP contribution in [0.1, 0.15) is 42.6 Å². The lowest BCUT2D eigenvalue weighted by atomic mass is 9.99. The number of nitrogens with zero attached hydrogens (tertiary/aromatic N) is 2. The fourth-order valence-corrected chi connectivity index (χ4v) is 3.46. The number of hydrogen-bond acceptors (Lipinski definition) is 6. The molecule has 2 aromatic carbocycles. The number of nitrogens with one attached hydrogen (secondary N) is 1. The molecule has 8 nitrogen and oxygen atoms in total. The predicted octanol–water partition coefficient (Wildman–Crippen LogP) is 4.17. The summed E-state index contributed by atoms with van der Waals surface area (Å²) in [6.07, 6.45) is 3.19. The van der Waals surface area contributed by atoms with Gasteiger partial charge in [0, 0.05) is 33.8 Å². The maximum Gasteiger partial charge on any atom is 0.328 e. The van der Waals surface area contributed by atoms with E-state index in [0.717, 1.165) is 12.8 Å². The molecule has 3 rings (SSSR count). The van der Waals surface area contributed by atoms with Crippen LogP contribution in [0, 0.1) is 0 Å². The van der Waals surface area contributed by atoms with Crippen LogP contribution in [-0.2, 0) is 9.53 Å². The summed E-state index contributed by atoms with van der Waals surface area (Å²) < 4.78 is 5.27. The van der Waals surface area contributed by atoms with E-state index >= 15 is 0 Å². The first kappa shape index (κ1) is 24.0. The number of para-hydroxylation sites is 1. The molecule has 0 saturated heterocycles. The molecule has 0 aliphatic rings. The summed E-state index contributed by atoms with van der Waals surface area (Å²) in [4.78, 5) is 33.9. The molecule has 1 aromatic heterocycles. The lowest BCUT2D eigenvalue weighted by Gasteiger charge is -2.17. The van der Waals surface area contributed by atoms with Crippen LogP contribution >= 0.6 is 11.6 Å². The predicted molar refractivity (Wildman–Crippen MR) is 131 cm³/mol. The number of guanidine groups is 1. The highest BCUT2D eigenvalue weighted by Crippen LogP contribution is 2.31. The van der Waals surface area contributed by atoms with Crippen molar-refractivity contribution < 1.29 is 14.3 Å². The van der Waals surface area contributed by atoms with Crippen molar-refractivity contribution in [3.05, 3.63) is 64.8 Å². The van der Waals surface area contributed by atoms with Gasteiger partial charge >= 0.3 is 5.97 Å². The number of carbonyl (C=O) groups excluding carboxylic acids is 2. The third kappa shape index (κ3) is 5.78. The molecule has 0 fully saturated rings. The van der Waals surface area contributed by atoms with Crippen LogP contribution in [-0.4, -0.2) is 35.3 Å². The van der Waals surface area contributed by atoms with Gasteiger partial charge in [-0.15, -0.1) is 0 Å². The fourth-order valence-electron chi connectivity index (χ4n) is 3.24. The third-order valence-corrected chi connectivity index (χ3v) is 5.26. The fraction of sp³-hybridized carbons (Fsp3) is 0.250. The van der Waals surface area contributed by atoms with Gasteiger partial charge in [-0.1, -0.05) is 49.2 Å². The number of rotatable bonds is 9. The monoisotopic (exact) mass is 467 g/mol. The molecule has 0 aliphatic heterocycles. The summed E-state index contributed by atoms with van der Waals surface area (Å²) in [6.45, 7) is 4.09. The largest absolute Gasteiger partial charge is 0.464 e. The number of fused-ring (bicyclic) bond motifs is 1. The smallest absolute Gasteiger partial charge is 0.328 e. The second kappa shape index (κ2) is 10.8. The summed E-state index contributed by atoms with van der Waals surface area (Å²) in [6, 6.07) is 11.4. The maximum atomic E-state index is 13.4. The van der Waals surface area contributed by atoms with Gasteiger partial charge in [0.1, 0.15) is 6.04 Å². The molecule has 0 saturated carbocycles. The zero-order valence-electron chi connectivity index (χ0n) is 18.5. The Kier molecular flexibility index (Phi) is 7.84. The highest BCUT2D eigenvalue weighted by molar-refractivity contribution is 6.35. The molecule has 0 radical (unpaired) electrons. The van der Waals surface area contributed by atoms with Crippen molar-refractivity contribution in [1.29, 1.82) is 0 Å². The quantitative estimate of drug-likeness (QED) is 0.141. The number of hydrogen-bond donors (Lipinski definition) is 3. The van der Waals surface area contributed by atoms with Gasteiger partial charge in [0.2, 0.25) is 0 Å². The van der Waals surface area contributed by atoms with Crippen LogP contribution < -0.4 is 16.8 Å².